The third kappa shape index (κ3) is 5.44. The second kappa shape index (κ2) is 6.90. The van der Waals surface area contributed by atoms with E-state index in [-0.39, 0.29) is 5.41 Å². The van der Waals surface area contributed by atoms with Gasteiger partial charge in [-0.25, -0.2) is 0 Å². The molecule has 96 valence electrons. The van der Waals surface area contributed by atoms with E-state index in [4.69, 9.17) is 9.47 Å². The highest BCUT2D eigenvalue weighted by atomic mass is 79.9. The largest absolute Gasteiger partial charge is 0.494 e. The van der Waals surface area contributed by atoms with Crippen LogP contribution in [0.3, 0.4) is 0 Å². The zero-order chi connectivity index (χ0) is 12.7. The highest BCUT2D eigenvalue weighted by molar-refractivity contribution is 9.09. The molecule has 0 radical (unpaired) electrons. The Hall–Kier alpha value is -0.700. The van der Waals surface area contributed by atoms with Crippen molar-refractivity contribution in [2.45, 2.75) is 27.2 Å². The summed E-state index contributed by atoms with van der Waals surface area (Å²) in [7, 11) is 0. The Kier molecular flexibility index (Phi) is 5.83. The second-order valence-corrected chi connectivity index (χ2v) is 5.47. The van der Waals surface area contributed by atoms with Crippen molar-refractivity contribution in [2.75, 3.05) is 18.5 Å². The van der Waals surface area contributed by atoms with Gasteiger partial charge in [0.25, 0.3) is 0 Å². The molecule has 0 amide bonds. The van der Waals surface area contributed by atoms with Gasteiger partial charge in [0.05, 0.1) is 13.2 Å². The maximum atomic E-state index is 5.74. The molecule has 0 N–H and O–H groups in total. The number of alkyl halides is 1. The third-order valence-corrected chi connectivity index (χ3v) is 3.81. The molecular formula is C14H21BrO2. The van der Waals surface area contributed by atoms with E-state index in [0.29, 0.717) is 6.61 Å². The minimum absolute atomic E-state index is 0.150. The van der Waals surface area contributed by atoms with E-state index >= 15 is 0 Å². The quantitative estimate of drug-likeness (QED) is 0.700. The molecule has 0 aromatic heterocycles. The second-order valence-electron chi connectivity index (χ2n) is 4.91. The molecule has 0 spiro atoms. The van der Waals surface area contributed by atoms with Gasteiger partial charge < -0.3 is 9.47 Å². The molecule has 0 fully saturated rings. The van der Waals surface area contributed by atoms with Crippen LogP contribution >= 0.6 is 15.9 Å². The first kappa shape index (κ1) is 14.4. The average Bonchev–Trinajstić information content (AvgIpc) is 2.35. The lowest BCUT2D eigenvalue weighted by molar-refractivity contribution is 0.203. The molecule has 3 heteroatoms. The lowest BCUT2D eigenvalue weighted by Crippen LogP contribution is -2.22. The smallest absolute Gasteiger partial charge is 0.119 e. The Morgan fingerprint density at radius 2 is 1.59 bits per heavy atom. The van der Waals surface area contributed by atoms with Crippen LogP contribution in [0, 0.1) is 5.41 Å². The van der Waals surface area contributed by atoms with Gasteiger partial charge in [-0.05, 0) is 30.7 Å². The number of rotatable bonds is 7. The summed E-state index contributed by atoms with van der Waals surface area (Å²) in [5.41, 5.74) is 0.150. The minimum atomic E-state index is 0.150. The summed E-state index contributed by atoms with van der Waals surface area (Å²) in [6, 6.07) is 7.81. The molecule has 1 aromatic carbocycles. The molecule has 0 saturated carbocycles. The molecule has 0 bridgehead atoms. The lowest BCUT2D eigenvalue weighted by Gasteiger charge is -2.21. The van der Waals surface area contributed by atoms with Crippen LogP contribution in [-0.4, -0.2) is 18.5 Å². The number of hydrogen-bond acceptors (Lipinski definition) is 2. The van der Waals surface area contributed by atoms with Gasteiger partial charge in [0.1, 0.15) is 11.5 Å². The lowest BCUT2D eigenvalue weighted by atomic mass is 9.98. The Labute approximate surface area is 112 Å². The molecular weight excluding hydrogens is 280 g/mol. The van der Waals surface area contributed by atoms with E-state index in [1.54, 1.807) is 0 Å². The van der Waals surface area contributed by atoms with E-state index < -0.39 is 0 Å². The molecule has 1 rings (SSSR count). The Bertz CT molecular complexity index is 319. The van der Waals surface area contributed by atoms with Crippen molar-refractivity contribution in [3.8, 4) is 11.5 Å². The summed E-state index contributed by atoms with van der Waals surface area (Å²) < 4.78 is 11.2. The van der Waals surface area contributed by atoms with Crippen LogP contribution in [0.1, 0.15) is 27.2 Å². The first-order chi connectivity index (χ1) is 8.07. The Morgan fingerprint density at radius 3 is 2.06 bits per heavy atom. The number of hydrogen-bond donors (Lipinski definition) is 0. The monoisotopic (exact) mass is 300 g/mol. The molecule has 0 aliphatic rings. The van der Waals surface area contributed by atoms with E-state index in [9.17, 15) is 0 Å². The fraction of sp³-hybridized carbons (Fsp3) is 0.571. The van der Waals surface area contributed by atoms with Crippen LogP contribution < -0.4 is 9.47 Å². The molecule has 17 heavy (non-hydrogen) atoms. The molecule has 0 aliphatic heterocycles. The fourth-order valence-corrected chi connectivity index (χ4v) is 1.33. The van der Waals surface area contributed by atoms with E-state index in [0.717, 1.165) is 29.9 Å². The van der Waals surface area contributed by atoms with Crippen LogP contribution in [0.15, 0.2) is 24.3 Å². The Balaban J connectivity index is 2.45. The molecule has 0 saturated heterocycles. The van der Waals surface area contributed by atoms with Crippen LogP contribution in [0.5, 0.6) is 11.5 Å². The van der Waals surface area contributed by atoms with Gasteiger partial charge in [-0.2, -0.15) is 0 Å². The van der Waals surface area contributed by atoms with Gasteiger partial charge in [0.2, 0.25) is 0 Å². The molecule has 0 heterocycles. The highest BCUT2D eigenvalue weighted by Gasteiger charge is 2.16. The van der Waals surface area contributed by atoms with Crippen LogP contribution in [0.4, 0.5) is 0 Å². The van der Waals surface area contributed by atoms with Crippen molar-refractivity contribution in [3.05, 3.63) is 24.3 Å². The third-order valence-electron chi connectivity index (χ3n) is 2.29. The summed E-state index contributed by atoms with van der Waals surface area (Å²) >= 11 is 3.48. The van der Waals surface area contributed by atoms with Gasteiger partial charge >= 0.3 is 0 Å². The summed E-state index contributed by atoms with van der Waals surface area (Å²) in [6.07, 6.45) is 1.03. The zero-order valence-electron chi connectivity index (χ0n) is 10.8. The highest BCUT2D eigenvalue weighted by Crippen LogP contribution is 2.22. The number of ether oxygens (including phenoxy) is 2. The van der Waals surface area contributed by atoms with Crippen molar-refractivity contribution in [1.29, 1.82) is 0 Å². The van der Waals surface area contributed by atoms with Gasteiger partial charge in [-0.3, -0.25) is 0 Å². The normalized spacial score (nSPS) is 11.3. The van der Waals surface area contributed by atoms with Gasteiger partial charge in [-0.1, -0.05) is 36.7 Å². The zero-order valence-corrected chi connectivity index (χ0v) is 12.4. The SMILES string of the molecule is CCCOc1ccc(OCC(C)(C)CBr)cc1. The van der Waals surface area contributed by atoms with E-state index in [1.807, 2.05) is 24.3 Å². The fourth-order valence-electron chi connectivity index (χ4n) is 1.17. The maximum absolute atomic E-state index is 5.74. The van der Waals surface area contributed by atoms with Crippen molar-refractivity contribution < 1.29 is 9.47 Å². The molecule has 0 unspecified atom stereocenters. The summed E-state index contributed by atoms with van der Waals surface area (Å²) in [5.74, 6) is 1.79. The van der Waals surface area contributed by atoms with Crippen LogP contribution in [0.2, 0.25) is 0 Å². The molecule has 0 aliphatic carbocycles. The van der Waals surface area contributed by atoms with Crippen molar-refractivity contribution >= 4 is 15.9 Å². The van der Waals surface area contributed by atoms with E-state index in [2.05, 4.69) is 36.7 Å². The number of halogens is 1. The average molecular weight is 301 g/mol. The topological polar surface area (TPSA) is 18.5 Å². The van der Waals surface area contributed by atoms with Gasteiger partial charge in [0.15, 0.2) is 0 Å². The maximum Gasteiger partial charge on any atom is 0.119 e. The molecule has 0 atom stereocenters. The van der Waals surface area contributed by atoms with Gasteiger partial charge in [0, 0.05) is 10.7 Å². The standard InChI is InChI=1S/C14H21BrO2/c1-4-9-16-12-5-7-13(8-6-12)17-11-14(2,3)10-15/h5-8H,4,9-11H2,1-3H3. The first-order valence-electron chi connectivity index (χ1n) is 5.99. The molecule has 2 nitrogen and oxygen atoms in total. The van der Waals surface area contributed by atoms with Crippen LogP contribution in [-0.2, 0) is 0 Å². The number of benzene rings is 1. The van der Waals surface area contributed by atoms with Crippen molar-refractivity contribution in [1.82, 2.24) is 0 Å². The summed E-state index contributed by atoms with van der Waals surface area (Å²) in [5, 5.41) is 0.928. The summed E-state index contributed by atoms with van der Waals surface area (Å²) in [4.78, 5) is 0. The summed E-state index contributed by atoms with van der Waals surface area (Å²) in [6.45, 7) is 7.89. The van der Waals surface area contributed by atoms with Crippen molar-refractivity contribution in [2.24, 2.45) is 5.41 Å². The van der Waals surface area contributed by atoms with Crippen molar-refractivity contribution in [3.63, 3.8) is 0 Å². The van der Waals surface area contributed by atoms with E-state index in [1.165, 1.54) is 0 Å². The Morgan fingerprint density at radius 1 is 1.06 bits per heavy atom. The molecule has 1 aromatic rings. The van der Waals surface area contributed by atoms with Crippen LogP contribution in [0.25, 0.3) is 0 Å². The predicted molar refractivity (Wildman–Crippen MR) is 75.3 cm³/mol. The van der Waals surface area contributed by atoms with Gasteiger partial charge in [-0.15, -0.1) is 0 Å². The minimum Gasteiger partial charge on any atom is -0.494 e. The first-order valence-corrected chi connectivity index (χ1v) is 7.11. The predicted octanol–water partition coefficient (Wildman–Crippen LogP) is 4.28.